The summed E-state index contributed by atoms with van der Waals surface area (Å²) in [4.78, 5) is 4.32. The lowest BCUT2D eigenvalue weighted by Crippen LogP contribution is -1.86. The van der Waals surface area contributed by atoms with E-state index >= 15 is 0 Å². The summed E-state index contributed by atoms with van der Waals surface area (Å²) in [5.41, 5.74) is 2.52. The quantitative estimate of drug-likeness (QED) is 0.676. The minimum absolute atomic E-state index is 1.11. The molecular formula is C12H13N. The zero-order valence-corrected chi connectivity index (χ0v) is 7.83. The minimum atomic E-state index is 1.11. The van der Waals surface area contributed by atoms with Crippen LogP contribution in [0.5, 0.6) is 0 Å². The van der Waals surface area contributed by atoms with Crippen molar-refractivity contribution in [1.29, 1.82) is 0 Å². The van der Waals surface area contributed by atoms with E-state index in [-0.39, 0.29) is 0 Å². The summed E-state index contributed by atoms with van der Waals surface area (Å²) in [7, 11) is 0. The number of aryl methyl sites for hydroxylation is 1. The van der Waals surface area contributed by atoms with Gasteiger partial charge in [0.1, 0.15) is 0 Å². The molecule has 0 aliphatic heterocycles. The second-order valence-corrected chi connectivity index (χ2v) is 3.24. The molecule has 2 rings (SSSR count). The molecule has 1 heteroatoms. The van der Waals surface area contributed by atoms with Crippen LogP contribution in [0.2, 0.25) is 0 Å². The van der Waals surface area contributed by atoms with Crippen LogP contribution in [0.1, 0.15) is 18.9 Å². The second kappa shape index (κ2) is 3.56. The number of aromatic nitrogens is 1. The van der Waals surface area contributed by atoms with Gasteiger partial charge in [-0.25, -0.2) is 0 Å². The van der Waals surface area contributed by atoms with Crippen LogP contribution in [0.25, 0.3) is 10.9 Å². The first-order valence-electron chi connectivity index (χ1n) is 4.74. The van der Waals surface area contributed by atoms with E-state index in [1.165, 1.54) is 17.4 Å². The molecule has 0 bridgehead atoms. The maximum Gasteiger partial charge on any atom is 0.0704 e. The molecule has 1 nitrogen and oxygen atoms in total. The molecule has 0 aliphatic rings. The molecule has 0 amide bonds. The largest absolute Gasteiger partial charge is 0.256 e. The van der Waals surface area contributed by atoms with E-state index in [0.29, 0.717) is 0 Å². The van der Waals surface area contributed by atoms with Gasteiger partial charge in [0, 0.05) is 11.6 Å². The standard InChI is InChI=1S/C12H13N/c1-2-5-10-6-3-8-12-11(10)7-4-9-13-12/h3-4,6-9H,2,5H2,1H3. The van der Waals surface area contributed by atoms with E-state index in [9.17, 15) is 0 Å². The van der Waals surface area contributed by atoms with Crippen molar-refractivity contribution in [2.24, 2.45) is 0 Å². The number of nitrogens with zero attached hydrogens (tertiary/aromatic N) is 1. The maximum atomic E-state index is 4.32. The van der Waals surface area contributed by atoms with E-state index in [0.717, 1.165) is 11.9 Å². The summed E-state index contributed by atoms with van der Waals surface area (Å²) in [6, 6.07) is 10.5. The van der Waals surface area contributed by atoms with Gasteiger partial charge in [0.15, 0.2) is 0 Å². The molecule has 2 aromatic rings. The Balaban J connectivity index is 2.61. The first kappa shape index (κ1) is 8.24. The number of hydrogen-bond acceptors (Lipinski definition) is 1. The van der Waals surface area contributed by atoms with Crippen LogP contribution in [0, 0.1) is 0 Å². The van der Waals surface area contributed by atoms with Crippen molar-refractivity contribution >= 4 is 10.9 Å². The van der Waals surface area contributed by atoms with Gasteiger partial charge in [0.25, 0.3) is 0 Å². The summed E-state index contributed by atoms with van der Waals surface area (Å²) in [5.74, 6) is 0. The zero-order valence-electron chi connectivity index (χ0n) is 7.83. The predicted molar refractivity (Wildman–Crippen MR) is 55.7 cm³/mol. The first-order valence-corrected chi connectivity index (χ1v) is 4.74. The predicted octanol–water partition coefficient (Wildman–Crippen LogP) is 3.19. The van der Waals surface area contributed by atoms with Gasteiger partial charge in [-0.05, 0) is 24.1 Å². The van der Waals surface area contributed by atoms with Crippen LogP contribution in [-0.4, -0.2) is 4.98 Å². The third-order valence-corrected chi connectivity index (χ3v) is 2.26. The molecular weight excluding hydrogens is 158 g/mol. The molecule has 0 radical (unpaired) electrons. The van der Waals surface area contributed by atoms with Crippen molar-refractivity contribution in [3.63, 3.8) is 0 Å². The van der Waals surface area contributed by atoms with Crippen LogP contribution in [0.3, 0.4) is 0 Å². The van der Waals surface area contributed by atoms with Gasteiger partial charge in [-0.1, -0.05) is 31.5 Å². The van der Waals surface area contributed by atoms with E-state index < -0.39 is 0 Å². The maximum absolute atomic E-state index is 4.32. The molecule has 1 aromatic carbocycles. The number of benzene rings is 1. The topological polar surface area (TPSA) is 12.9 Å². The van der Waals surface area contributed by atoms with Gasteiger partial charge in [-0.15, -0.1) is 0 Å². The lowest BCUT2D eigenvalue weighted by atomic mass is 10.0. The lowest BCUT2D eigenvalue weighted by molar-refractivity contribution is 0.929. The third-order valence-electron chi connectivity index (χ3n) is 2.26. The van der Waals surface area contributed by atoms with Gasteiger partial charge in [0.05, 0.1) is 5.52 Å². The molecule has 0 aliphatic carbocycles. The van der Waals surface area contributed by atoms with Crippen molar-refractivity contribution in [3.05, 3.63) is 42.1 Å². The number of hydrogen-bond donors (Lipinski definition) is 0. The summed E-state index contributed by atoms with van der Waals surface area (Å²) >= 11 is 0. The number of fused-ring (bicyclic) bond motifs is 1. The van der Waals surface area contributed by atoms with E-state index in [4.69, 9.17) is 0 Å². The summed E-state index contributed by atoms with van der Waals surface area (Å²) in [6.45, 7) is 2.20. The van der Waals surface area contributed by atoms with E-state index in [1.54, 1.807) is 0 Å². The Morgan fingerprint density at radius 1 is 1.15 bits per heavy atom. The fourth-order valence-corrected chi connectivity index (χ4v) is 1.65. The molecule has 0 saturated heterocycles. The highest BCUT2D eigenvalue weighted by molar-refractivity contribution is 5.81. The van der Waals surface area contributed by atoms with Crippen LogP contribution in [-0.2, 0) is 6.42 Å². The fraction of sp³-hybridized carbons (Fsp3) is 0.250. The summed E-state index contributed by atoms with van der Waals surface area (Å²) < 4.78 is 0. The molecule has 0 atom stereocenters. The van der Waals surface area contributed by atoms with Gasteiger partial charge in [-0.2, -0.15) is 0 Å². The Morgan fingerprint density at radius 2 is 2.08 bits per heavy atom. The second-order valence-electron chi connectivity index (χ2n) is 3.24. The van der Waals surface area contributed by atoms with E-state index in [2.05, 4.69) is 36.2 Å². The molecule has 13 heavy (non-hydrogen) atoms. The van der Waals surface area contributed by atoms with Crippen LogP contribution >= 0.6 is 0 Å². The highest BCUT2D eigenvalue weighted by Crippen LogP contribution is 2.17. The van der Waals surface area contributed by atoms with Gasteiger partial charge in [0.2, 0.25) is 0 Å². The number of pyridine rings is 1. The molecule has 0 N–H and O–H groups in total. The van der Waals surface area contributed by atoms with Crippen LogP contribution in [0.15, 0.2) is 36.5 Å². The zero-order chi connectivity index (χ0) is 9.10. The van der Waals surface area contributed by atoms with Crippen LogP contribution < -0.4 is 0 Å². The fourth-order valence-electron chi connectivity index (χ4n) is 1.65. The lowest BCUT2D eigenvalue weighted by Gasteiger charge is -2.03. The smallest absolute Gasteiger partial charge is 0.0704 e. The average molecular weight is 171 g/mol. The third kappa shape index (κ3) is 1.55. The molecule has 0 spiro atoms. The van der Waals surface area contributed by atoms with E-state index in [1.807, 2.05) is 12.3 Å². The molecule has 66 valence electrons. The Kier molecular flexibility index (Phi) is 2.26. The molecule has 0 saturated carbocycles. The Bertz CT molecular complexity index is 401. The Labute approximate surface area is 78.4 Å². The van der Waals surface area contributed by atoms with Gasteiger partial charge >= 0.3 is 0 Å². The van der Waals surface area contributed by atoms with Crippen molar-refractivity contribution in [1.82, 2.24) is 4.98 Å². The number of rotatable bonds is 2. The summed E-state index contributed by atoms with van der Waals surface area (Å²) in [5, 5.41) is 1.30. The van der Waals surface area contributed by atoms with Crippen molar-refractivity contribution in [2.75, 3.05) is 0 Å². The van der Waals surface area contributed by atoms with Crippen molar-refractivity contribution in [3.8, 4) is 0 Å². The Morgan fingerprint density at radius 3 is 2.92 bits per heavy atom. The monoisotopic (exact) mass is 171 g/mol. The Hall–Kier alpha value is -1.37. The van der Waals surface area contributed by atoms with Crippen molar-refractivity contribution < 1.29 is 0 Å². The SMILES string of the molecule is CCCc1cccc2ncccc12. The van der Waals surface area contributed by atoms with Gasteiger partial charge < -0.3 is 0 Å². The highest BCUT2D eigenvalue weighted by atomic mass is 14.6. The molecule has 1 aromatic heterocycles. The van der Waals surface area contributed by atoms with Gasteiger partial charge in [-0.3, -0.25) is 4.98 Å². The first-order chi connectivity index (χ1) is 6.42. The normalized spacial score (nSPS) is 10.5. The average Bonchev–Trinajstić information content (AvgIpc) is 2.19. The summed E-state index contributed by atoms with van der Waals surface area (Å²) in [6.07, 6.45) is 4.18. The molecule has 0 unspecified atom stereocenters. The highest BCUT2D eigenvalue weighted by Gasteiger charge is 1.98. The minimum Gasteiger partial charge on any atom is -0.256 e. The molecule has 1 heterocycles. The van der Waals surface area contributed by atoms with Crippen LogP contribution in [0.4, 0.5) is 0 Å². The van der Waals surface area contributed by atoms with Crippen molar-refractivity contribution in [2.45, 2.75) is 19.8 Å². The molecule has 0 fully saturated rings.